The summed E-state index contributed by atoms with van der Waals surface area (Å²) >= 11 is 0. The van der Waals surface area contributed by atoms with Gasteiger partial charge in [0.1, 0.15) is 5.82 Å². The van der Waals surface area contributed by atoms with Crippen LogP contribution < -0.4 is 5.32 Å². The molecule has 5 nitrogen and oxygen atoms in total. The van der Waals surface area contributed by atoms with Gasteiger partial charge in [0, 0.05) is 11.6 Å². The molecule has 0 aliphatic heterocycles. The second-order valence-electron chi connectivity index (χ2n) is 5.57. The predicted octanol–water partition coefficient (Wildman–Crippen LogP) is 3.28. The van der Waals surface area contributed by atoms with Crippen LogP contribution in [0.3, 0.4) is 0 Å². The van der Waals surface area contributed by atoms with Gasteiger partial charge in [-0.3, -0.25) is 9.89 Å². The molecule has 1 aromatic heterocycles. The highest BCUT2D eigenvalue weighted by Gasteiger charge is 2.28. The number of anilines is 1. The zero-order valence-corrected chi connectivity index (χ0v) is 12.2. The normalized spacial score (nSPS) is 14.1. The van der Waals surface area contributed by atoms with E-state index in [0.717, 1.165) is 30.8 Å². The summed E-state index contributed by atoms with van der Waals surface area (Å²) in [5, 5.41) is 9.66. The zero-order chi connectivity index (χ0) is 14.7. The molecule has 0 atom stereocenters. The summed E-state index contributed by atoms with van der Waals surface area (Å²) in [6.07, 6.45) is 5.72. The Morgan fingerprint density at radius 3 is 2.76 bits per heavy atom. The van der Waals surface area contributed by atoms with E-state index in [-0.39, 0.29) is 11.7 Å². The van der Waals surface area contributed by atoms with E-state index < -0.39 is 0 Å². The molecule has 0 saturated heterocycles. The molecule has 110 valence electrons. The lowest BCUT2D eigenvalue weighted by Crippen LogP contribution is -2.13. The van der Waals surface area contributed by atoms with Crippen molar-refractivity contribution in [2.45, 2.75) is 44.9 Å². The lowest BCUT2D eigenvalue weighted by Gasteiger charge is -2.04. The van der Waals surface area contributed by atoms with E-state index in [0.29, 0.717) is 5.92 Å². The molecule has 0 unspecified atom stereocenters. The molecule has 1 fully saturated rings. The topological polar surface area (TPSA) is 70.7 Å². The number of hydrogen-bond donors (Lipinski definition) is 2. The summed E-state index contributed by atoms with van der Waals surface area (Å²) in [5.74, 6) is 1.25. The Hall–Kier alpha value is -2.17. The first-order valence-corrected chi connectivity index (χ1v) is 7.59. The molecule has 1 amide bonds. The maximum absolute atomic E-state index is 12.1. The van der Waals surface area contributed by atoms with Crippen molar-refractivity contribution in [3.05, 3.63) is 41.5 Å². The van der Waals surface area contributed by atoms with Gasteiger partial charge >= 0.3 is 0 Å². The standard InChI is InChI=1S/C16H20N4O/c1-2-3-4-11-5-9-13(10-6-11)17-16(21)15-18-14(19-20-15)12-7-8-12/h5-6,9-10,12H,2-4,7-8H2,1H3,(H,17,21)(H,18,19,20). The van der Waals surface area contributed by atoms with Crippen molar-refractivity contribution in [2.24, 2.45) is 0 Å². The first-order chi connectivity index (χ1) is 10.3. The van der Waals surface area contributed by atoms with Crippen molar-refractivity contribution in [1.82, 2.24) is 15.2 Å². The lowest BCUT2D eigenvalue weighted by atomic mass is 10.1. The molecule has 1 aliphatic carbocycles. The van der Waals surface area contributed by atoms with Gasteiger partial charge < -0.3 is 5.32 Å². The van der Waals surface area contributed by atoms with Gasteiger partial charge in [0.15, 0.2) is 0 Å². The number of nitrogens with one attached hydrogen (secondary N) is 2. The summed E-state index contributed by atoms with van der Waals surface area (Å²) in [5.41, 5.74) is 2.07. The van der Waals surface area contributed by atoms with Crippen LogP contribution in [0, 0.1) is 0 Å². The monoisotopic (exact) mass is 284 g/mol. The van der Waals surface area contributed by atoms with Crippen LogP contribution in [0.5, 0.6) is 0 Å². The van der Waals surface area contributed by atoms with Crippen LogP contribution in [-0.2, 0) is 6.42 Å². The molecule has 5 heteroatoms. The summed E-state index contributed by atoms with van der Waals surface area (Å²) in [7, 11) is 0. The van der Waals surface area contributed by atoms with E-state index >= 15 is 0 Å². The largest absolute Gasteiger partial charge is 0.319 e. The van der Waals surface area contributed by atoms with Gasteiger partial charge in [-0.1, -0.05) is 25.5 Å². The quantitative estimate of drug-likeness (QED) is 0.855. The minimum atomic E-state index is -0.264. The van der Waals surface area contributed by atoms with E-state index in [1.165, 1.54) is 18.4 Å². The maximum Gasteiger partial charge on any atom is 0.295 e. The first kappa shape index (κ1) is 13.8. The molecular weight excluding hydrogens is 264 g/mol. The number of carbonyl (C=O) groups is 1. The number of nitrogens with zero attached hydrogens (tertiary/aromatic N) is 2. The van der Waals surface area contributed by atoms with Gasteiger partial charge in [-0.05, 0) is 43.4 Å². The van der Waals surface area contributed by atoms with Crippen molar-refractivity contribution in [3.63, 3.8) is 0 Å². The number of aromatic amines is 1. The van der Waals surface area contributed by atoms with Gasteiger partial charge in [0.25, 0.3) is 5.91 Å². The third-order valence-corrected chi connectivity index (χ3v) is 3.70. The van der Waals surface area contributed by atoms with Crippen molar-refractivity contribution >= 4 is 11.6 Å². The fraction of sp³-hybridized carbons (Fsp3) is 0.438. The Morgan fingerprint density at radius 2 is 2.10 bits per heavy atom. The first-order valence-electron chi connectivity index (χ1n) is 7.59. The van der Waals surface area contributed by atoms with Crippen molar-refractivity contribution in [2.75, 3.05) is 5.32 Å². The maximum atomic E-state index is 12.1. The Balaban J connectivity index is 1.60. The van der Waals surface area contributed by atoms with Crippen molar-refractivity contribution in [1.29, 1.82) is 0 Å². The molecule has 1 aliphatic rings. The fourth-order valence-electron chi connectivity index (χ4n) is 2.24. The number of aryl methyl sites for hydroxylation is 1. The molecule has 1 heterocycles. The highest BCUT2D eigenvalue weighted by molar-refractivity contribution is 6.01. The molecule has 0 spiro atoms. The SMILES string of the molecule is CCCCc1ccc(NC(=O)c2n[nH]c(C3CC3)n2)cc1. The van der Waals surface area contributed by atoms with Gasteiger partial charge in [-0.15, -0.1) is 5.10 Å². The van der Waals surface area contributed by atoms with Crippen LogP contribution in [0.4, 0.5) is 5.69 Å². The van der Waals surface area contributed by atoms with E-state index in [4.69, 9.17) is 0 Å². The Morgan fingerprint density at radius 1 is 1.33 bits per heavy atom. The van der Waals surface area contributed by atoms with Crippen LogP contribution in [0.2, 0.25) is 0 Å². The molecule has 21 heavy (non-hydrogen) atoms. The number of carbonyl (C=O) groups excluding carboxylic acids is 1. The van der Waals surface area contributed by atoms with Crippen LogP contribution in [-0.4, -0.2) is 21.1 Å². The fourth-order valence-corrected chi connectivity index (χ4v) is 2.24. The number of H-pyrrole nitrogens is 1. The van der Waals surface area contributed by atoms with Gasteiger partial charge in [0.2, 0.25) is 5.82 Å². The highest BCUT2D eigenvalue weighted by atomic mass is 16.2. The predicted molar refractivity (Wildman–Crippen MR) is 81.4 cm³/mol. The summed E-state index contributed by atoms with van der Waals surface area (Å²) in [6.45, 7) is 2.18. The number of amides is 1. The Labute approximate surface area is 124 Å². The molecule has 0 radical (unpaired) electrons. The van der Waals surface area contributed by atoms with E-state index in [2.05, 4.69) is 39.6 Å². The van der Waals surface area contributed by atoms with Crippen LogP contribution >= 0.6 is 0 Å². The summed E-state index contributed by atoms with van der Waals surface area (Å²) in [6, 6.07) is 7.96. The van der Waals surface area contributed by atoms with Crippen LogP contribution in [0.1, 0.15) is 60.5 Å². The minimum absolute atomic E-state index is 0.215. The van der Waals surface area contributed by atoms with Crippen molar-refractivity contribution < 1.29 is 4.79 Å². The van der Waals surface area contributed by atoms with Gasteiger partial charge in [0.05, 0.1) is 0 Å². The Bertz CT molecular complexity index is 613. The van der Waals surface area contributed by atoms with Crippen LogP contribution in [0.15, 0.2) is 24.3 Å². The summed E-state index contributed by atoms with van der Waals surface area (Å²) < 4.78 is 0. The molecule has 2 N–H and O–H groups in total. The number of unbranched alkanes of at least 4 members (excludes halogenated alkanes) is 1. The minimum Gasteiger partial charge on any atom is -0.319 e. The number of aromatic nitrogens is 3. The zero-order valence-electron chi connectivity index (χ0n) is 12.2. The average molecular weight is 284 g/mol. The van der Waals surface area contributed by atoms with Crippen molar-refractivity contribution in [3.8, 4) is 0 Å². The number of rotatable bonds is 6. The Kier molecular flexibility index (Phi) is 3.99. The third kappa shape index (κ3) is 3.48. The molecule has 2 aromatic rings. The molecule has 3 rings (SSSR count). The number of hydrogen-bond acceptors (Lipinski definition) is 3. The highest BCUT2D eigenvalue weighted by Crippen LogP contribution is 2.37. The molecule has 1 aromatic carbocycles. The second kappa shape index (κ2) is 6.08. The summed E-state index contributed by atoms with van der Waals surface area (Å²) in [4.78, 5) is 16.3. The second-order valence-corrected chi connectivity index (χ2v) is 5.57. The third-order valence-electron chi connectivity index (χ3n) is 3.70. The average Bonchev–Trinajstić information content (AvgIpc) is 3.23. The van der Waals surface area contributed by atoms with E-state index in [1.807, 2.05) is 12.1 Å². The number of benzene rings is 1. The smallest absolute Gasteiger partial charge is 0.295 e. The van der Waals surface area contributed by atoms with E-state index in [9.17, 15) is 4.79 Å². The molecule has 0 bridgehead atoms. The van der Waals surface area contributed by atoms with Crippen LogP contribution in [0.25, 0.3) is 0 Å². The lowest BCUT2D eigenvalue weighted by molar-refractivity contribution is 0.101. The van der Waals surface area contributed by atoms with E-state index in [1.54, 1.807) is 0 Å². The molecular formula is C16H20N4O. The van der Waals surface area contributed by atoms with Gasteiger partial charge in [-0.2, -0.15) is 0 Å². The van der Waals surface area contributed by atoms with Gasteiger partial charge in [-0.25, -0.2) is 4.98 Å². The molecule has 1 saturated carbocycles.